The van der Waals surface area contributed by atoms with Gasteiger partial charge in [0.05, 0.1) is 5.02 Å². The van der Waals surface area contributed by atoms with Crippen LogP contribution in [0.1, 0.15) is 32.8 Å². The van der Waals surface area contributed by atoms with Crippen LogP contribution in [-0.4, -0.2) is 48.6 Å². The summed E-state index contributed by atoms with van der Waals surface area (Å²) >= 11 is 6.23. The maximum atomic E-state index is 6.23. The van der Waals surface area contributed by atoms with Crippen molar-refractivity contribution >= 4 is 17.4 Å². The molecule has 1 N–H and O–H groups in total. The summed E-state index contributed by atoms with van der Waals surface area (Å²) in [6.07, 6.45) is 3.00. The van der Waals surface area contributed by atoms with Crippen molar-refractivity contribution in [3.63, 3.8) is 0 Å². The Labute approximate surface area is 133 Å². The Morgan fingerprint density at radius 1 is 1.38 bits per heavy atom. The highest BCUT2D eigenvalue weighted by Gasteiger charge is 2.27. The highest BCUT2D eigenvalue weighted by Crippen LogP contribution is 2.25. The second-order valence-electron chi connectivity index (χ2n) is 5.52. The van der Waals surface area contributed by atoms with Crippen molar-refractivity contribution in [3.05, 3.63) is 22.8 Å². The normalized spacial score (nSPS) is 18.7. The number of likely N-dealkylation sites (N-methyl/N-ethyl adjacent to an activating group) is 1. The van der Waals surface area contributed by atoms with E-state index in [0.717, 1.165) is 55.7 Å². The van der Waals surface area contributed by atoms with Gasteiger partial charge >= 0.3 is 0 Å². The second-order valence-corrected chi connectivity index (χ2v) is 5.93. The topological polar surface area (TPSA) is 31.4 Å². The SMILES string of the molecule is CCNCc1cc(N2CCC(N(CC)CC)C2)ncc1Cl. The molecule has 21 heavy (non-hydrogen) atoms. The summed E-state index contributed by atoms with van der Waals surface area (Å²) in [6.45, 7) is 12.7. The molecule has 4 nitrogen and oxygen atoms in total. The zero-order valence-electron chi connectivity index (χ0n) is 13.4. The lowest BCUT2D eigenvalue weighted by Crippen LogP contribution is -2.37. The number of pyridine rings is 1. The maximum absolute atomic E-state index is 6.23. The molecule has 1 atom stereocenters. The average molecular weight is 311 g/mol. The van der Waals surface area contributed by atoms with Gasteiger partial charge in [-0.05, 0) is 37.7 Å². The number of nitrogens with one attached hydrogen (secondary N) is 1. The third-order valence-corrected chi connectivity index (χ3v) is 4.64. The monoisotopic (exact) mass is 310 g/mol. The molecule has 2 rings (SSSR count). The van der Waals surface area contributed by atoms with Crippen LogP contribution in [0.5, 0.6) is 0 Å². The van der Waals surface area contributed by atoms with Crippen LogP contribution >= 0.6 is 11.6 Å². The van der Waals surface area contributed by atoms with Crippen molar-refractivity contribution in [1.82, 2.24) is 15.2 Å². The van der Waals surface area contributed by atoms with E-state index in [1.54, 1.807) is 6.20 Å². The average Bonchev–Trinajstić information content (AvgIpc) is 2.97. The Balaban J connectivity index is 2.05. The smallest absolute Gasteiger partial charge is 0.128 e. The number of hydrogen-bond acceptors (Lipinski definition) is 4. The standard InChI is InChI=1S/C16H27ClN4/c1-4-18-10-13-9-16(19-11-15(13)17)21-8-7-14(12-21)20(5-2)6-3/h9,11,14,18H,4-8,10,12H2,1-3H3. The van der Waals surface area contributed by atoms with E-state index in [1.165, 1.54) is 6.42 Å². The highest BCUT2D eigenvalue weighted by atomic mass is 35.5. The van der Waals surface area contributed by atoms with E-state index in [1.807, 2.05) is 0 Å². The lowest BCUT2D eigenvalue weighted by Gasteiger charge is -2.26. The molecule has 0 radical (unpaired) electrons. The molecule has 1 aromatic rings. The largest absolute Gasteiger partial charge is 0.355 e. The predicted molar refractivity (Wildman–Crippen MR) is 90.2 cm³/mol. The molecule has 5 heteroatoms. The fraction of sp³-hybridized carbons (Fsp3) is 0.688. The summed E-state index contributed by atoms with van der Waals surface area (Å²) in [5.74, 6) is 1.06. The first kappa shape index (κ1) is 16.5. The zero-order chi connectivity index (χ0) is 15.2. The van der Waals surface area contributed by atoms with Gasteiger partial charge in [-0.3, -0.25) is 4.90 Å². The number of halogens is 1. The van der Waals surface area contributed by atoms with Crippen LogP contribution in [-0.2, 0) is 6.54 Å². The van der Waals surface area contributed by atoms with E-state index in [-0.39, 0.29) is 0 Å². The Hall–Kier alpha value is -0.840. The van der Waals surface area contributed by atoms with Crippen LogP contribution in [0.3, 0.4) is 0 Å². The summed E-state index contributed by atoms with van der Waals surface area (Å²) in [5.41, 5.74) is 1.13. The van der Waals surface area contributed by atoms with Crippen molar-refractivity contribution in [2.45, 2.75) is 39.8 Å². The van der Waals surface area contributed by atoms with Gasteiger partial charge in [-0.1, -0.05) is 32.4 Å². The van der Waals surface area contributed by atoms with E-state index in [9.17, 15) is 0 Å². The number of hydrogen-bond donors (Lipinski definition) is 1. The Morgan fingerprint density at radius 2 is 2.14 bits per heavy atom. The van der Waals surface area contributed by atoms with E-state index >= 15 is 0 Å². The minimum atomic E-state index is 0.648. The quantitative estimate of drug-likeness (QED) is 0.839. The van der Waals surface area contributed by atoms with Crippen molar-refractivity contribution in [1.29, 1.82) is 0 Å². The number of aromatic nitrogens is 1. The van der Waals surface area contributed by atoms with Gasteiger partial charge in [0.25, 0.3) is 0 Å². The molecule has 2 heterocycles. The third-order valence-electron chi connectivity index (χ3n) is 4.30. The first-order valence-electron chi connectivity index (χ1n) is 8.03. The first-order valence-corrected chi connectivity index (χ1v) is 8.41. The Kier molecular flexibility index (Phi) is 6.27. The fourth-order valence-electron chi connectivity index (χ4n) is 3.02. The van der Waals surface area contributed by atoms with E-state index in [4.69, 9.17) is 11.6 Å². The summed E-state index contributed by atoms with van der Waals surface area (Å²) in [4.78, 5) is 9.44. The van der Waals surface area contributed by atoms with Crippen molar-refractivity contribution in [3.8, 4) is 0 Å². The molecule has 0 aliphatic carbocycles. The molecule has 1 saturated heterocycles. The highest BCUT2D eigenvalue weighted by molar-refractivity contribution is 6.31. The lowest BCUT2D eigenvalue weighted by atomic mass is 10.2. The molecule has 1 aliphatic rings. The second kappa shape index (κ2) is 7.97. The number of rotatable bonds is 7. The fourth-order valence-corrected chi connectivity index (χ4v) is 3.19. The molecule has 0 bridgehead atoms. The van der Waals surface area contributed by atoms with Gasteiger partial charge in [-0.15, -0.1) is 0 Å². The number of nitrogens with zero attached hydrogens (tertiary/aromatic N) is 3. The van der Waals surface area contributed by atoms with Gasteiger partial charge in [0.2, 0.25) is 0 Å². The van der Waals surface area contributed by atoms with E-state index in [2.05, 4.69) is 46.9 Å². The molecule has 118 valence electrons. The Morgan fingerprint density at radius 3 is 2.81 bits per heavy atom. The molecule has 1 aromatic heterocycles. The van der Waals surface area contributed by atoms with Crippen LogP contribution in [0.2, 0.25) is 5.02 Å². The predicted octanol–water partition coefficient (Wildman–Crippen LogP) is 2.77. The van der Waals surface area contributed by atoms with Gasteiger partial charge in [0, 0.05) is 31.9 Å². The molecular formula is C16H27ClN4. The minimum absolute atomic E-state index is 0.648. The summed E-state index contributed by atoms with van der Waals surface area (Å²) < 4.78 is 0. The molecule has 0 spiro atoms. The lowest BCUT2D eigenvalue weighted by molar-refractivity contribution is 0.232. The summed E-state index contributed by atoms with van der Waals surface area (Å²) in [5, 5.41) is 4.08. The summed E-state index contributed by atoms with van der Waals surface area (Å²) in [7, 11) is 0. The maximum Gasteiger partial charge on any atom is 0.128 e. The first-order chi connectivity index (χ1) is 10.2. The molecule has 0 saturated carbocycles. The third kappa shape index (κ3) is 4.09. The van der Waals surface area contributed by atoms with Crippen molar-refractivity contribution in [2.24, 2.45) is 0 Å². The van der Waals surface area contributed by atoms with Gasteiger partial charge in [-0.25, -0.2) is 4.98 Å². The van der Waals surface area contributed by atoms with E-state index < -0.39 is 0 Å². The molecular weight excluding hydrogens is 284 g/mol. The molecule has 1 fully saturated rings. The van der Waals surface area contributed by atoms with Crippen LogP contribution in [0.4, 0.5) is 5.82 Å². The molecule has 1 aliphatic heterocycles. The van der Waals surface area contributed by atoms with Crippen LogP contribution in [0.25, 0.3) is 0 Å². The van der Waals surface area contributed by atoms with Gasteiger partial charge < -0.3 is 10.2 Å². The van der Waals surface area contributed by atoms with Gasteiger partial charge in [0.15, 0.2) is 0 Å². The van der Waals surface area contributed by atoms with Crippen molar-refractivity contribution in [2.75, 3.05) is 37.6 Å². The van der Waals surface area contributed by atoms with Crippen molar-refractivity contribution < 1.29 is 0 Å². The zero-order valence-corrected chi connectivity index (χ0v) is 14.2. The van der Waals surface area contributed by atoms with Gasteiger partial charge in [0.1, 0.15) is 5.82 Å². The minimum Gasteiger partial charge on any atom is -0.355 e. The molecule has 1 unspecified atom stereocenters. The summed E-state index contributed by atoms with van der Waals surface area (Å²) in [6, 6.07) is 2.78. The molecule has 0 amide bonds. The molecule has 0 aromatic carbocycles. The van der Waals surface area contributed by atoms with Crippen LogP contribution in [0, 0.1) is 0 Å². The van der Waals surface area contributed by atoms with E-state index in [0.29, 0.717) is 6.04 Å². The Bertz CT molecular complexity index is 448. The number of anilines is 1. The van der Waals surface area contributed by atoms with Crippen LogP contribution < -0.4 is 10.2 Å². The van der Waals surface area contributed by atoms with Crippen LogP contribution in [0.15, 0.2) is 12.3 Å². The van der Waals surface area contributed by atoms with Gasteiger partial charge in [-0.2, -0.15) is 0 Å².